The summed E-state index contributed by atoms with van der Waals surface area (Å²) in [4.78, 5) is 85.1. The topological polar surface area (TPSA) is 223 Å². The van der Waals surface area contributed by atoms with Crippen LogP contribution in [0.15, 0.2) is 0 Å². The number of nitrogens with zero attached hydrogens (tertiary/aromatic N) is 1. The van der Waals surface area contributed by atoms with Crippen molar-refractivity contribution in [2.45, 2.75) is 238 Å². The molecule has 15 nitrogen and oxygen atoms in total. The minimum atomic E-state index is -1.35. The number of rotatable bonds is 47. The Morgan fingerprint density at radius 1 is 0.453 bits per heavy atom. The lowest BCUT2D eigenvalue weighted by atomic mass is 10.0. The molecule has 0 saturated heterocycles. The number of aliphatic carboxylic acids is 3. The highest BCUT2D eigenvalue weighted by Crippen LogP contribution is 2.16. The first-order chi connectivity index (χ1) is 30.9. The molecular formula is C49H88N2O13. The lowest BCUT2D eigenvalue weighted by molar-refractivity contribution is -0.167. The van der Waals surface area contributed by atoms with Gasteiger partial charge in [-0.15, -0.1) is 0 Å². The summed E-state index contributed by atoms with van der Waals surface area (Å²) in [6.45, 7) is 2.55. The summed E-state index contributed by atoms with van der Waals surface area (Å²) in [5, 5.41) is 30.3. The lowest BCUT2D eigenvalue weighted by Gasteiger charge is -2.25. The average Bonchev–Trinajstić information content (AvgIpc) is 3.24. The maximum Gasteiger partial charge on any atom is 0.320 e. The van der Waals surface area contributed by atoms with Gasteiger partial charge in [0.25, 0.3) is 0 Å². The third kappa shape index (κ3) is 39.8. The Labute approximate surface area is 384 Å². The number of hydrogen-bond acceptors (Lipinski definition) is 11. The maximum atomic E-state index is 12.8. The predicted octanol–water partition coefficient (Wildman–Crippen LogP) is 9.94. The molecule has 15 heteroatoms. The molecule has 0 aromatic carbocycles. The van der Waals surface area contributed by atoms with E-state index in [2.05, 4.69) is 19.2 Å². The molecular weight excluding hydrogens is 825 g/mol. The number of esters is 3. The van der Waals surface area contributed by atoms with Gasteiger partial charge in [0.2, 0.25) is 5.91 Å². The number of carbonyl (C=O) groups is 7. The first-order valence-corrected chi connectivity index (χ1v) is 25.1. The number of nitrogens with one attached hydrogen (secondary N) is 1. The number of carboxylic acids is 3. The van der Waals surface area contributed by atoms with Crippen LogP contribution in [-0.2, 0) is 47.8 Å². The summed E-state index contributed by atoms with van der Waals surface area (Å²) in [6.07, 6.45) is 30.5. The number of hydrogen-bond donors (Lipinski definition) is 4. The SMILES string of the molecule is CCCCCCCCCCCCCCCC(=O)OC[C@H](COC(=O)CCC(=O)NCCCCC(C(=O)O)N(CC(=O)O)CC(=O)O)OC(=O)CCCCCCCCCCCCCCC. The predicted molar refractivity (Wildman–Crippen MR) is 247 cm³/mol. The van der Waals surface area contributed by atoms with E-state index in [1.807, 2.05) is 0 Å². The van der Waals surface area contributed by atoms with Crippen LogP contribution in [0.1, 0.15) is 226 Å². The minimum absolute atomic E-state index is 0.0298. The van der Waals surface area contributed by atoms with Crippen molar-refractivity contribution in [1.29, 1.82) is 0 Å². The zero-order valence-corrected chi connectivity index (χ0v) is 39.9. The second-order valence-corrected chi connectivity index (χ2v) is 17.4. The molecule has 4 N–H and O–H groups in total. The van der Waals surface area contributed by atoms with E-state index < -0.39 is 67.0 Å². The number of amides is 1. The maximum absolute atomic E-state index is 12.8. The van der Waals surface area contributed by atoms with Crippen LogP contribution in [0.25, 0.3) is 0 Å². The molecule has 0 aliphatic rings. The Hall–Kier alpha value is -3.75. The summed E-state index contributed by atoms with van der Waals surface area (Å²) in [5.74, 6) is -6.06. The van der Waals surface area contributed by atoms with Gasteiger partial charge in [-0.25, -0.2) is 0 Å². The van der Waals surface area contributed by atoms with Crippen LogP contribution in [0.4, 0.5) is 0 Å². The normalized spacial score (nSPS) is 12.1. The van der Waals surface area contributed by atoms with Crippen LogP contribution in [-0.4, -0.2) is 107 Å². The van der Waals surface area contributed by atoms with Gasteiger partial charge in [-0.1, -0.05) is 168 Å². The van der Waals surface area contributed by atoms with Crippen LogP contribution < -0.4 is 5.32 Å². The van der Waals surface area contributed by atoms with Crippen LogP contribution in [0.3, 0.4) is 0 Å². The summed E-state index contributed by atoms with van der Waals surface area (Å²) in [6, 6.07) is -1.33. The van der Waals surface area contributed by atoms with Gasteiger partial charge in [-0.2, -0.15) is 0 Å². The molecule has 64 heavy (non-hydrogen) atoms. The monoisotopic (exact) mass is 913 g/mol. The summed E-state index contributed by atoms with van der Waals surface area (Å²) in [7, 11) is 0. The quantitative estimate of drug-likeness (QED) is 0.0253. The minimum Gasteiger partial charge on any atom is -0.480 e. The third-order valence-corrected chi connectivity index (χ3v) is 11.3. The van der Waals surface area contributed by atoms with Crippen molar-refractivity contribution < 1.29 is 63.1 Å². The van der Waals surface area contributed by atoms with Gasteiger partial charge in [0.1, 0.15) is 19.3 Å². The Morgan fingerprint density at radius 2 is 0.828 bits per heavy atom. The molecule has 0 spiro atoms. The molecule has 0 fully saturated rings. The highest BCUT2D eigenvalue weighted by molar-refractivity contribution is 5.81. The molecule has 0 aliphatic heterocycles. The molecule has 0 rings (SSSR count). The second-order valence-electron chi connectivity index (χ2n) is 17.4. The molecule has 2 atom stereocenters. The van der Waals surface area contributed by atoms with Crippen molar-refractivity contribution in [2.24, 2.45) is 0 Å². The number of carbonyl (C=O) groups excluding carboxylic acids is 4. The van der Waals surface area contributed by atoms with Crippen molar-refractivity contribution in [2.75, 3.05) is 32.8 Å². The highest BCUT2D eigenvalue weighted by Gasteiger charge is 2.28. The summed E-state index contributed by atoms with van der Waals surface area (Å²) >= 11 is 0. The van der Waals surface area contributed by atoms with Gasteiger partial charge in [-0.05, 0) is 32.1 Å². The Morgan fingerprint density at radius 3 is 1.22 bits per heavy atom. The lowest BCUT2D eigenvalue weighted by Crippen LogP contribution is -2.46. The van der Waals surface area contributed by atoms with Crippen LogP contribution in [0, 0.1) is 0 Å². The van der Waals surface area contributed by atoms with E-state index >= 15 is 0 Å². The first kappa shape index (κ1) is 60.2. The summed E-state index contributed by atoms with van der Waals surface area (Å²) in [5.41, 5.74) is 0. The molecule has 0 radical (unpaired) electrons. The van der Waals surface area contributed by atoms with E-state index in [1.54, 1.807) is 0 Å². The smallest absolute Gasteiger partial charge is 0.320 e. The van der Waals surface area contributed by atoms with Gasteiger partial charge in [0.05, 0.1) is 19.5 Å². The van der Waals surface area contributed by atoms with E-state index in [0.717, 1.165) is 43.4 Å². The fraction of sp³-hybridized carbons (Fsp3) is 0.857. The van der Waals surface area contributed by atoms with Gasteiger partial charge in [0.15, 0.2) is 6.10 Å². The Bertz CT molecular complexity index is 1230. The highest BCUT2D eigenvalue weighted by atomic mass is 16.6. The zero-order valence-electron chi connectivity index (χ0n) is 39.9. The van der Waals surface area contributed by atoms with Crippen molar-refractivity contribution >= 4 is 41.7 Å². The van der Waals surface area contributed by atoms with Crippen molar-refractivity contribution in [3.05, 3.63) is 0 Å². The van der Waals surface area contributed by atoms with Crippen LogP contribution in [0.2, 0.25) is 0 Å². The van der Waals surface area contributed by atoms with Gasteiger partial charge < -0.3 is 34.8 Å². The molecule has 0 saturated carbocycles. The molecule has 0 heterocycles. The van der Waals surface area contributed by atoms with Crippen LogP contribution >= 0.6 is 0 Å². The fourth-order valence-corrected chi connectivity index (χ4v) is 7.53. The van der Waals surface area contributed by atoms with E-state index in [-0.39, 0.29) is 58.3 Å². The largest absolute Gasteiger partial charge is 0.480 e. The van der Waals surface area contributed by atoms with E-state index in [1.165, 1.54) is 116 Å². The molecule has 1 amide bonds. The molecule has 0 aromatic heterocycles. The van der Waals surface area contributed by atoms with Crippen molar-refractivity contribution in [1.82, 2.24) is 10.2 Å². The average molecular weight is 913 g/mol. The van der Waals surface area contributed by atoms with E-state index in [4.69, 9.17) is 24.4 Å². The summed E-state index contributed by atoms with van der Waals surface area (Å²) < 4.78 is 16.4. The number of carboxylic acid groups (broad SMARTS) is 3. The molecule has 0 aliphatic carbocycles. The Kier molecular flexibility index (Phi) is 40.6. The number of ether oxygens (including phenoxy) is 3. The van der Waals surface area contributed by atoms with Gasteiger partial charge >= 0.3 is 35.8 Å². The van der Waals surface area contributed by atoms with Crippen LogP contribution in [0.5, 0.6) is 0 Å². The molecule has 0 aromatic rings. The second kappa shape index (κ2) is 43.2. The van der Waals surface area contributed by atoms with Gasteiger partial charge in [-0.3, -0.25) is 38.5 Å². The fourth-order valence-electron chi connectivity index (χ4n) is 7.53. The first-order valence-electron chi connectivity index (χ1n) is 25.1. The van der Waals surface area contributed by atoms with Gasteiger partial charge in [0, 0.05) is 25.8 Å². The Balaban J connectivity index is 4.70. The third-order valence-electron chi connectivity index (χ3n) is 11.3. The molecule has 0 bridgehead atoms. The standard InChI is InChI=1S/C49H88N2O13/c1-3-5-7-9-11-13-15-17-19-21-23-25-27-32-46(57)62-39-41(64-48(59)33-28-26-24-22-20-18-16-14-12-10-8-6-4-2)40-63-47(58)35-34-43(52)50-36-30-29-31-42(49(60)61)51(37-44(53)54)38-45(55)56/h41-42H,3-40H2,1-2H3,(H,50,52)(H,53,54)(H,55,56)(H,60,61)/t41-,42?/m1/s1. The van der Waals surface area contributed by atoms with Crippen molar-refractivity contribution in [3.63, 3.8) is 0 Å². The van der Waals surface area contributed by atoms with E-state index in [0.29, 0.717) is 19.3 Å². The zero-order chi connectivity index (χ0) is 47.5. The van der Waals surface area contributed by atoms with Crippen molar-refractivity contribution in [3.8, 4) is 0 Å². The molecule has 1 unspecified atom stereocenters. The molecule has 372 valence electrons. The van der Waals surface area contributed by atoms with E-state index in [9.17, 15) is 38.7 Å². The number of unbranched alkanes of at least 4 members (excludes halogenated alkanes) is 25.